The van der Waals surface area contributed by atoms with Crippen LogP contribution in [0.3, 0.4) is 0 Å². The Morgan fingerprint density at radius 2 is 0.980 bits per heavy atom. The van der Waals surface area contributed by atoms with Crippen LogP contribution in [0.15, 0.2) is 162 Å². The SMILES string of the molecule is c1ccc(-c2nc(-c3ccc4ccccc4c3)nc(-c3ccc4cc(-c5cccc6c5ccc5c7ccncc7oc65)ccc4c3)n2)cc1. The fourth-order valence-corrected chi connectivity index (χ4v) is 6.93. The summed E-state index contributed by atoms with van der Waals surface area (Å²) in [6, 6.07) is 50.6. The summed E-state index contributed by atoms with van der Waals surface area (Å²) in [6.07, 6.45) is 3.59. The summed E-state index contributed by atoms with van der Waals surface area (Å²) in [7, 11) is 0. The molecule has 0 atom stereocenters. The van der Waals surface area contributed by atoms with Crippen LogP contribution in [0.2, 0.25) is 0 Å². The van der Waals surface area contributed by atoms with Crippen LogP contribution < -0.4 is 0 Å². The van der Waals surface area contributed by atoms with E-state index in [9.17, 15) is 0 Å². The van der Waals surface area contributed by atoms with Crippen molar-refractivity contribution in [3.63, 3.8) is 0 Å². The highest BCUT2D eigenvalue weighted by Crippen LogP contribution is 2.38. The molecule has 49 heavy (non-hydrogen) atoms. The summed E-state index contributed by atoms with van der Waals surface area (Å²) >= 11 is 0. The maximum atomic E-state index is 6.30. The molecule has 5 heteroatoms. The molecular weight excluding hydrogens is 601 g/mol. The molecule has 0 fully saturated rings. The lowest BCUT2D eigenvalue weighted by molar-refractivity contribution is 0.670. The fraction of sp³-hybridized carbons (Fsp3) is 0. The van der Waals surface area contributed by atoms with Crippen LogP contribution in [-0.4, -0.2) is 19.9 Å². The highest BCUT2D eigenvalue weighted by molar-refractivity contribution is 6.17. The molecule has 7 aromatic carbocycles. The second-order valence-corrected chi connectivity index (χ2v) is 12.3. The number of hydrogen-bond donors (Lipinski definition) is 0. The van der Waals surface area contributed by atoms with Crippen molar-refractivity contribution < 1.29 is 4.42 Å². The van der Waals surface area contributed by atoms with E-state index in [1.165, 1.54) is 5.39 Å². The van der Waals surface area contributed by atoms with Crippen LogP contribution in [0, 0.1) is 0 Å². The first kappa shape index (κ1) is 27.4. The molecule has 0 aliphatic heterocycles. The lowest BCUT2D eigenvalue weighted by Gasteiger charge is -2.11. The van der Waals surface area contributed by atoms with Crippen molar-refractivity contribution in [2.24, 2.45) is 0 Å². The number of rotatable bonds is 4. The van der Waals surface area contributed by atoms with Crippen molar-refractivity contribution in [1.29, 1.82) is 0 Å². The van der Waals surface area contributed by atoms with E-state index in [1.54, 1.807) is 6.20 Å². The van der Waals surface area contributed by atoms with Crippen molar-refractivity contribution >= 4 is 54.3 Å². The Morgan fingerprint density at radius 1 is 0.388 bits per heavy atom. The summed E-state index contributed by atoms with van der Waals surface area (Å²) in [4.78, 5) is 19.2. The van der Waals surface area contributed by atoms with Gasteiger partial charge in [-0.3, -0.25) is 4.98 Å². The van der Waals surface area contributed by atoms with Gasteiger partial charge in [0, 0.05) is 39.0 Å². The number of furan rings is 1. The molecule has 0 spiro atoms. The first-order valence-electron chi connectivity index (χ1n) is 16.3. The Balaban J connectivity index is 1.08. The van der Waals surface area contributed by atoms with Crippen LogP contribution >= 0.6 is 0 Å². The minimum absolute atomic E-state index is 0.641. The van der Waals surface area contributed by atoms with Crippen LogP contribution in [0.5, 0.6) is 0 Å². The summed E-state index contributed by atoms with van der Waals surface area (Å²) < 4.78 is 6.30. The third kappa shape index (κ3) is 4.63. The summed E-state index contributed by atoms with van der Waals surface area (Å²) in [5, 5.41) is 9.01. The van der Waals surface area contributed by atoms with Gasteiger partial charge in [-0.1, -0.05) is 115 Å². The molecule has 0 N–H and O–H groups in total. The van der Waals surface area contributed by atoms with E-state index in [1.807, 2.05) is 42.6 Å². The summed E-state index contributed by atoms with van der Waals surface area (Å²) in [5.74, 6) is 1.94. The van der Waals surface area contributed by atoms with Gasteiger partial charge in [-0.2, -0.15) is 0 Å². The largest absolute Gasteiger partial charge is 0.454 e. The van der Waals surface area contributed by atoms with Gasteiger partial charge in [0.05, 0.1) is 6.20 Å². The zero-order chi connectivity index (χ0) is 32.3. The second-order valence-electron chi connectivity index (χ2n) is 12.3. The molecular formula is C44H26N4O. The van der Waals surface area contributed by atoms with Gasteiger partial charge in [0.25, 0.3) is 0 Å². The normalized spacial score (nSPS) is 11.7. The van der Waals surface area contributed by atoms with Gasteiger partial charge in [-0.25, -0.2) is 15.0 Å². The predicted molar refractivity (Wildman–Crippen MR) is 199 cm³/mol. The molecule has 0 aliphatic rings. The quantitative estimate of drug-likeness (QED) is 0.194. The molecule has 0 saturated heterocycles. The van der Waals surface area contributed by atoms with Crippen LogP contribution in [0.1, 0.15) is 0 Å². The smallest absolute Gasteiger partial charge is 0.164 e. The molecule has 3 aromatic heterocycles. The summed E-state index contributed by atoms with van der Waals surface area (Å²) in [5.41, 5.74) is 6.84. The van der Waals surface area contributed by atoms with Crippen LogP contribution in [0.25, 0.3) is 99.5 Å². The Labute approximate surface area is 281 Å². The number of nitrogens with zero attached hydrogens (tertiary/aromatic N) is 4. The van der Waals surface area contributed by atoms with E-state index in [2.05, 4.69) is 114 Å². The zero-order valence-corrected chi connectivity index (χ0v) is 26.2. The van der Waals surface area contributed by atoms with Gasteiger partial charge in [0.2, 0.25) is 0 Å². The highest BCUT2D eigenvalue weighted by Gasteiger charge is 2.15. The highest BCUT2D eigenvalue weighted by atomic mass is 16.3. The first-order valence-corrected chi connectivity index (χ1v) is 16.3. The third-order valence-corrected chi connectivity index (χ3v) is 9.38. The standard InChI is InChI=1S/C44H26N4O/c1-2-8-28(9-3-1)42-46-43(33-17-13-27-7-4-5-10-29(27)24-33)48-44(47-42)34-18-15-30-23-32(16-14-31(30)25-34)35-11-6-12-38-36(35)19-20-39-37-21-22-45-26-40(37)49-41(38)39/h1-26H. The Bertz CT molecular complexity index is 2890. The molecule has 0 amide bonds. The van der Waals surface area contributed by atoms with E-state index in [0.29, 0.717) is 17.5 Å². The molecule has 5 nitrogen and oxygen atoms in total. The van der Waals surface area contributed by atoms with E-state index in [4.69, 9.17) is 19.4 Å². The van der Waals surface area contributed by atoms with Crippen molar-refractivity contribution in [2.75, 3.05) is 0 Å². The molecule has 0 radical (unpaired) electrons. The number of aromatic nitrogens is 4. The third-order valence-electron chi connectivity index (χ3n) is 9.38. The first-order chi connectivity index (χ1) is 24.2. The summed E-state index contributed by atoms with van der Waals surface area (Å²) in [6.45, 7) is 0. The lowest BCUT2D eigenvalue weighted by atomic mass is 9.95. The Kier molecular flexibility index (Phi) is 6.11. The molecule has 10 rings (SSSR count). The average Bonchev–Trinajstić information content (AvgIpc) is 3.56. The zero-order valence-electron chi connectivity index (χ0n) is 26.2. The number of hydrogen-bond acceptors (Lipinski definition) is 5. The van der Waals surface area contributed by atoms with Gasteiger partial charge in [0.15, 0.2) is 23.1 Å². The van der Waals surface area contributed by atoms with Gasteiger partial charge in [0.1, 0.15) is 5.58 Å². The van der Waals surface area contributed by atoms with Gasteiger partial charge < -0.3 is 4.42 Å². The fourth-order valence-electron chi connectivity index (χ4n) is 6.93. The van der Waals surface area contributed by atoms with Crippen molar-refractivity contribution in [3.05, 3.63) is 158 Å². The molecule has 0 aliphatic carbocycles. The average molecular weight is 627 g/mol. The Morgan fingerprint density at radius 3 is 1.76 bits per heavy atom. The van der Waals surface area contributed by atoms with Gasteiger partial charge >= 0.3 is 0 Å². The van der Waals surface area contributed by atoms with E-state index < -0.39 is 0 Å². The minimum atomic E-state index is 0.641. The topological polar surface area (TPSA) is 64.7 Å². The van der Waals surface area contributed by atoms with Crippen molar-refractivity contribution in [2.45, 2.75) is 0 Å². The van der Waals surface area contributed by atoms with Crippen molar-refractivity contribution in [3.8, 4) is 45.3 Å². The van der Waals surface area contributed by atoms with Crippen molar-refractivity contribution in [1.82, 2.24) is 19.9 Å². The maximum absolute atomic E-state index is 6.30. The molecule has 0 unspecified atom stereocenters. The van der Waals surface area contributed by atoms with Crippen LogP contribution in [-0.2, 0) is 0 Å². The number of benzene rings is 7. The van der Waals surface area contributed by atoms with Crippen LogP contribution in [0.4, 0.5) is 0 Å². The molecule has 3 heterocycles. The molecule has 10 aromatic rings. The minimum Gasteiger partial charge on any atom is -0.454 e. The number of fused-ring (bicyclic) bond motifs is 7. The second kappa shape index (κ2) is 10.9. The monoisotopic (exact) mass is 626 g/mol. The van der Waals surface area contributed by atoms with E-state index in [0.717, 1.165) is 76.7 Å². The predicted octanol–water partition coefficient (Wildman–Crippen LogP) is 11.3. The molecule has 0 bridgehead atoms. The molecule has 0 saturated carbocycles. The van der Waals surface area contributed by atoms with Gasteiger partial charge in [-0.05, 0) is 68.4 Å². The number of pyridine rings is 1. The Hall–Kier alpha value is -6.72. The van der Waals surface area contributed by atoms with Gasteiger partial charge in [-0.15, -0.1) is 0 Å². The van der Waals surface area contributed by atoms with E-state index in [-0.39, 0.29) is 0 Å². The molecule has 228 valence electrons. The van der Waals surface area contributed by atoms with E-state index >= 15 is 0 Å². The maximum Gasteiger partial charge on any atom is 0.164 e. The lowest BCUT2D eigenvalue weighted by Crippen LogP contribution is -2.00.